The number of methoxy groups -OCH3 is 2. The van der Waals surface area contributed by atoms with Crippen molar-refractivity contribution in [3.63, 3.8) is 0 Å². The van der Waals surface area contributed by atoms with Gasteiger partial charge < -0.3 is 14.2 Å². The Labute approximate surface area is 124 Å². The third-order valence-electron chi connectivity index (χ3n) is 2.59. The molecule has 0 aliphatic rings. The van der Waals surface area contributed by atoms with Gasteiger partial charge in [-0.3, -0.25) is 0 Å². The van der Waals surface area contributed by atoms with Crippen LogP contribution in [0.5, 0.6) is 11.5 Å². The normalized spacial score (nSPS) is 10.4. The van der Waals surface area contributed by atoms with E-state index in [0.717, 1.165) is 10.6 Å². The molecule has 0 aliphatic heterocycles. The summed E-state index contributed by atoms with van der Waals surface area (Å²) in [7, 11) is 3.27. The van der Waals surface area contributed by atoms with Crippen molar-refractivity contribution in [2.24, 2.45) is 0 Å². The minimum atomic E-state index is 0.367. The van der Waals surface area contributed by atoms with E-state index in [4.69, 9.17) is 26.4 Å². The third kappa shape index (κ3) is 4.28. The van der Waals surface area contributed by atoms with Crippen LogP contribution in [0.3, 0.4) is 0 Å². The van der Waals surface area contributed by atoms with Crippen molar-refractivity contribution in [1.82, 2.24) is 0 Å². The van der Waals surface area contributed by atoms with Gasteiger partial charge in [0.05, 0.1) is 20.8 Å². The highest BCUT2D eigenvalue weighted by atomic mass is 32.2. The van der Waals surface area contributed by atoms with E-state index < -0.39 is 0 Å². The van der Waals surface area contributed by atoms with Gasteiger partial charge in [0.15, 0.2) is 11.5 Å². The van der Waals surface area contributed by atoms with Gasteiger partial charge in [-0.05, 0) is 54.5 Å². The summed E-state index contributed by atoms with van der Waals surface area (Å²) in [5.74, 6) is 1.80. The lowest BCUT2D eigenvalue weighted by Crippen LogP contribution is -2.00. The van der Waals surface area contributed by atoms with Crippen molar-refractivity contribution in [3.05, 3.63) is 17.7 Å². The maximum atomic E-state index is 5.34. The predicted molar refractivity (Wildman–Crippen MR) is 83.7 cm³/mol. The number of thiocarbonyl (C=S) groups is 1. The topological polar surface area (TPSA) is 27.7 Å². The molecule has 19 heavy (non-hydrogen) atoms. The minimum absolute atomic E-state index is 0.367. The van der Waals surface area contributed by atoms with Crippen LogP contribution in [-0.2, 0) is 4.74 Å². The maximum absolute atomic E-state index is 5.34. The Morgan fingerprint density at radius 1 is 1.21 bits per heavy atom. The van der Waals surface area contributed by atoms with E-state index in [-0.39, 0.29) is 0 Å². The molecule has 0 bridgehead atoms. The Hall–Kier alpha value is -0.940. The molecule has 0 aromatic heterocycles. The zero-order valence-electron chi connectivity index (χ0n) is 12.0. The van der Waals surface area contributed by atoms with Crippen molar-refractivity contribution in [1.29, 1.82) is 0 Å². The summed E-state index contributed by atoms with van der Waals surface area (Å²) in [4.78, 5) is 1.05. The van der Waals surface area contributed by atoms with Gasteiger partial charge >= 0.3 is 0 Å². The summed E-state index contributed by atoms with van der Waals surface area (Å²) in [5, 5.41) is 0. The van der Waals surface area contributed by atoms with Crippen LogP contribution in [0, 0.1) is 0 Å². The number of rotatable bonds is 5. The standard InChI is InChI=1S/C14H20O3S2/c1-6-17-14(18)19-13-8-12(16-5)11(15-4)7-10(13)9(2)3/h7-9H,6H2,1-5H3. The second-order valence-corrected chi connectivity index (χ2v) is 5.83. The first-order chi connectivity index (χ1) is 9.03. The summed E-state index contributed by atoms with van der Waals surface area (Å²) >= 11 is 6.64. The lowest BCUT2D eigenvalue weighted by atomic mass is 10.0. The summed E-state index contributed by atoms with van der Waals surface area (Å²) < 4.78 is 16.5. The molecule has 1 rings (SSSR count). The van der Waals surface area contributed by atoms with E-state index in [1.54, 1.807) is 14.2 Å². The van der Waals surface area contributed by atoms with E-state index in [2.05, 4.69) is 13.8 Å². The van der Waals surface area contributed by atoms with Gasteiger partial charge in [0, 0.05) is 4.90 Å². The Balaban J connectivity index is 3.16. The first-order valence-corrected chi connectivity index (χ1v) is 7.36. The number of benzene rings is 1. The Bertz CT molecular complexity index is 445. The fourth-order valence-electron chi connectivity index (χ4n) is 1.65. The van der Waals surface area contributed by atoms with Gasteiger partial charge in [0.2, 0.25) is 4.38 Å². The van der Waals surface area contributed by atoms with E-state index in [9.17, 15) is 0 Å². The molecule has 0 amide bonds. The molecule has 0 atom stereocenters. The number of hydrogen-bond donors (Lipinski definition) is 0. The SMILES string of the molecule is CCOC(=S)Sc1cc(OC)c(OC)cc1C(C)C. The summed E-state index contributed by atoms with van der Waals surface area (Å²) in [5.41, 5.74) is 1.17. The Kier molecular flexibility index (Phi) is 6.45. The quantitative estimate of drug-likeness (QED) is 0.599. The van der Waals surface area contributed by atoms with E-state index in [0.29, 0.717) is 22.7 Å². The fourth-order valence-corrected chi connectivity index (χ4v) is 2.97. The van der Waals surface area contributed by atoms with Crippen LogP contribution < -0.4 is 9.47 Å². The molecular formula is C14H20O3S2. The van der Waals surface area contributed by atoms with Crippen molar-refractivity contribution in [2.75, 3.05) is 20.8 Å². The average molecular weight is 300 g/mol. The number of ether oxygens (including phenoxy) is 3. The van der Waals surface area contributed by atoms with Crippen LogP contribution >= 0.6 is 24.0 Å². The molecule has 0 heterocycles. The molecule has 0 N–H and O–H groups in total. The highest BCUT2D eigenvalue weighted by Crippen LogP contribution is 2.39. The van der Waals surface area contributed by atoms with Gasteiger partial charge in [0.25, 0.3) is 0 Å². The lowest BCUT2D eigenvalue weighted by molar-refractivity contribution is 0.346. The smallest absolute Gasteiger partial charge is 0.224 e. The second-order valence-electron chi connectivity index (χ2n) is 4.18. The highest BCUT2D eigenvalue weighted by molar-refractivity contribution is 8.22. The second kappa shape index (κ2) is 7.60. The zero-order valence-corrected chi connectivity index (χ0v) is 13.6. The van der Waals surface area contributed by atoms with Gasteiger partial charge in [0.1, 0.15) is 0 Å². The third-order valence-corrected chi connectivity index (χ3v) is 3.82. The molecule has 0 unspecified atom stereocenters. The summed E-state index contributed by atoms with van der Waals surface area (Å²) in [6.45, 7) is 6.77. The highest BCUT2D eigenvalue weighted by Gasteiger charge is 2.15. The van der Waals surface area contributed by atoms with Crippen LogP contribution in [0.1, 0.15) is 32.3 Å². The predicted octanol–water partition coefficient (Wildman–Crippen LogP) is 4.24. The molecule has 1 aromatic carbocycles. The zero-order chi connectivity index (χ0) is 14.4. The van der Waals surface area contributed by atoms with Crippen molar-refractivity contribution >= 4 is 28.4 Å². The van der Waals surface area contributed by atoms with E-state index >= 15 is 0 Å². The van der Waals surface area contributed by atoms with Gasteiger partial charge in [-0.2, -0.15) is 0 Å². The van der Waals surface area contributed by atoms with Crippen LogP contribution in [0.4, 0.5) is 0 Å². The van der Waals surface area contributed by atoms with Crippen LogP contribution in [0.15, 0.2) is 17.0 Å². The van der Waals surface area contributed by atoms with Gasteiger partial charge in [-0.25, -0.2) is 0 Å². The van der Waals surface area contributed by atoms with Crippen LogP contribution in [-0.4, -0.2) is 25.2 Å². The molecule has 0 spiro atoms. The van der Waals surface area contributed by atoms with E-state index in [1.165, 1.54) is 17.3 Å². The molecule has 5 heteroatoms. The Morgan fingerprint density at radius 2 is 1.79 bits per heavy atom. The lowest BCUT2D eigenvalue weighted by Gasteiger charge is -2.17. The van der Waals surface area contributed by atoms with Crippen molar-refractivity contribution in [3.8, 4) is 11.5 Å². The maximum Gasteiger partial charge on any atom is 0.224 e. The molecule has 0 aliphatic carbocycles. The monoisotopic (exact) mass is 300 g/mol. The molecule has 106 valence electrons. The molecular weight excluding hydrogens is 280 g/mol. The fraction of sp³-hybridized carbons (Fsp3) is 0.500. The van der Waals surface area contributed by atoms with E-state index in [1.807, 2.05) is 19.1 Å². The Morgan fingerprint density at radius 3 is 2.26 bits per heavy atom. The van der Waals surface area contributed by atoms with Gasteiger partial charge in [-0.15, -0.1) is 0 Å². The molecule has 0 fully saturated rings. The van der Waals surface area contributed by atoms with Gasteiger partial charge in [-0.1, -0.05) is 13.8 Å². The van der Waals surface area contributed by atoms with Crippen LogP contribution in [0.25, 0.3) is 0 Å². The summed E-state index contributed by atoms with van der Waals surface area (Å²) in [6.07, 6.45) is 0. The average Bonchev–Trinajstić information content (AvgIpc) is 2.38. The molecule has 0 saturated carbocycles. The first-order valence-electron chi connectivity index (χ1n) is 6.14. The number of thioether (sulfide) groups is 1. The summed E-state index contributed by atoms with van der Waals surface area (Å²) in [6, 6.07) is 3.95. The molecule has 1 aromatic rings. The molecule has 0 radical (unpaired) electrons. The number of hydrogen-bond acceptors (Lipinski definition) is 5. The first kappa shape index (κ1) is 16.1. The molecule has 0 saturated heterocycles. The van der Waals surface area contributed by atoms with Crippen molar-refractivity contribution < 1.29 is 14.2 Å². The molecule has 3 nitrogen and oxygen atoms in total. The van der Waals surface area contributed by atoms with Crippen molar-refractivity contribution in [2.45, 2.75) is 31.6 Å². The minimum Gasteiger partial charge on any atom is -0.493 e. The van der Waals surface area contributed by atoms with Crippen LogP contribution in [0.2, 0.25) is 0 Å². The largest absolute Gasteiger partial charge is 0.493 e.